The second-order valence-corrected chi connectivity index (χ2v) is 7.58. The fourth-order valence-electron chi connectivity index (χ4n) is 4.02. The Balaban J connectivity index is 1.62. The number of hydrogen-bond donors (Lipinski definition) is 1. The highest BCUT2D eigenvalue weighted by Crippen LogP contribution is 2.46. The standard InChI is InChI=1S/C20H19N9O/c1-11(12-9-24-28(2)10-12)29-19-16(15(8-21)27-29)20(30)26-18(25-19)14-5-4-13(14)17-22-6-3-7-23-17/h3,6-7,9-11,13-14H,4-5H2,1-2H3,(H,25,26,30)/t11?,13-,14-/m1/s1. The summed E-state index contributed by atoms with van der Waals surface area (Å²) in [6, 6.07) is 3.57. The molecule has 10 nitrogen and oxygen atoms in total. The van der Waals surface area contributed by atoms with Gasteiger partial charge in [0, 0.05) is 43.0 Å². The molecule has 1 aliphatic rings. The van der Waals surface area contributed by atoms with Gasteiger partial charge in [-0.2, -0.15) is 15.5 Å². The Morgan fingerprint density at radius 3 is 2.67 bits per heavy atom. The Kier molecular flexibility index (Phi) is 4.17. The smallest absolute Gasteiger partial charge is 0.263 e. The molecule has 0 radical (unpaired) electrons. The molecule has 30 heavy (non-hydrogen) atoms. The summed E-state index contributed by atoms with van der Waals surface area (Å²) in [6.45, 7) is 1.94. The van der Waals surface area contributed by atoms with E-state index >= 15 is 0 Å². The van der Waals surface area contributed by atoms with E-state index in [9.17, 15) is 10.1 Å². The molecule has 1 aliphatic carbocycles. The van der Waals surface area contributed by atoms with Gasteiger partial charge in [-0.3, -0.25) is 9.48 Å². The fraction of sp³-hybridized carbons (Fsp3) is 0.350. The second kappa shape index (κ2) is 6.88. The Labute approximate surface area is 171 Å². The number of aromatic nitrogens is 8. The predicted octanol–water partition coefficient (Wildman–Crippen LogP) is 1.79. The molecule has 4 aromatic heterocycles. The van der Waals surface area contributed by atoms with Gasteiger partial charge in [-0.1, -0.05) is 0 Å². The normalized spacial score (nSPS) is 19.4. The lowest BCUT2D eigenvalue weighted by molar-refractivity contribution is 0.319. The van der Waals surface area contributed by atoms with Crippen molar-refractivity contribution in [1.82, 2.24) is 39.5 Å². The lowest BCUT2D eigenvalue weighted by Crippen LogP contribution is -2.28. The number of H-pyrrole nitrogens is 1. The molecule has 1 unspecified atom stereocenters. The number of aromatic amines is 1. The van der Waals surface area contributed by atoms with E-state index < -0.39 is 0 Å². The van der Waals surface area contributed by atoms with E-state index in [2.05, 4.69) is 25.1 Å². The van der Waals surface area contributed by atoms with Gasteiger partial charge in [-0.15, -0.1) is 0 Å². The first kappa shape index (κ1) is 18.2. The fourth-order valence-corrected chi connectivity index (χ4v) is 4.02. The van der Waals surface area contributed by atoms with Gasteiger partial charge in [-0.25, -0.2) is 19.6 Å². The van der Waals surface area contributed by atoms with E-state index in [0.29, 0.717) is 11.5 Å². The molecule has 0 amide bonds. The SMILES string of the molecule is CC(c1cnn(C)c1)n1nc(C#N)c2c(=O)[nH]c([C@@H]3CC[C@H]3c3ncccn3)nc21. The van der Waals surface area contributed by atoms with Gasteiger partial charge in [0.1, 0.15) is 23.1 Å². The first-order valence-corrected chi connectivity index (χ1v) is 9.74. The summed E-state index contributed by atoms with van der Waals surface area (Å²) < 4.78 is 3.34. The molecule has 150 valence electrons. The van der Waals surface area contributed by atoms with Gasteiger partial charge in [0.2, 0.25) is 0 Å². The van der Waals surface area contributed by atoms with Crippen LogP contribution in [-0.4, -0.2) is 39.5 Å². The monoisotopic (exact) mass is 401 g/mol. The Morgan fingerprint density at radius 1 is 1.27 bits per heavy atom. The van der Waals surface area contributed by atoms with Crippen molar-refractivity contribution in [2.24, 2.45) is 7.05 Å². The quantitative estimate of drug-likeness (QED) is 0.551. The number of rotatable bonds is 4. The second-order valence-electron chi connectivity index (χ2n) is 7.58. The van der Waals surface area contributed by atoms with Crippen LogP contribution in [0.15, 0.2) is 35.6 Å². The maximum atomic E-state index is 12.9. The third kappa shape index (κ3) is 2.78. The van der Waals surface area contributed by atoms with Gasteiger partial charge in [0.05, 0.1) is 12.2 Å². The van der Waals surface area contributed by atoms with E-state index in [1.54, 1.807) is 34.0 Å². The summed E-state index contributed by atoms with van der Waals surface area (Å²) in [4.78, 5) is 29.3. The van der Waals surface area contributed by atoms with Crippen LogP contribution >= 0.6 is 0 Å². The molecule has 0 saturated heterocycles. The summed E-state index contributed by atoms with van der Waals surface area (Å²) >= 11 is 0. The molecule has 4 aromatic rings. The number of nitrogens with one attached hydrogen (secondary N) is 1. The van der Waals surface area contributed by atoms with Crippen molar-refractivity contribution in [3.05, 3.63) is 64.1 Å². The summed E-state index contributed by atoms with van der Waals surface area (Å²) in [5, 5.41) is 18.3. The van der Waals surface area contributed by atoms with Crippen LogP contribution in [0.4, 0.5) is 0 Å². The van der Waals surface area contributed by atoms with Crippen LogP contribution in [0.3, 0.4) is 0 Å². The molecule has 0 aromatic carbocycles. The lowest BCUT2D eigenvalue weighted by Gasteiger charge is -2.34. The van der Waals surface area contributed by atoms with E-state index in [-0.39, 0.29) is 34.5 Å². The maximum absolute atomic E-state index is 12.9. The molecule has 1 fully saturated rings. The molecule has 0 bridgehead atoms. The minimum absolute atomic E-state index is 0.0204. The third-order valence-electron chi connectivity index (χ3n) is 5.80. The molecule has 0 aliphatic heterocycles. The summed E-state index contributed by atoms with van der Waals surface area (Å²) in [6.07, 6.45) is 8.89. The predicted molar refractivity (Wildman–Crippen MR) is 107 cm³/mol. The van der Waals surface area contributed by atoms with Crippen molar-refractivity contribution in [3.63, 3.8) is 0 Å². The van der Waals surface area contributed by atoms with Gasteiger partial charge >= 0.3 is 0 Å². The minimum Gasteiger partial charge on any atom is -0.310 e. The number of hydrogen-bond acceptors (Lipinski definition) is 7. The van der Waals surface area contributed by atoms with E-state index in [0.717, 1.165) is 24.2 Å². The number of aryl methyl sites for hydroxylation is 1. The third-order valence-corrected chi connectivity index (χ3v) is 5.80. The molecule has 10 heteroatoms. The van der Waals surface area contributed by atoms with E-state index in [1.807, 2.05) is 26.2 Å². The van der Waals surface area contributed by atoms with Crippen molar-refractivity contribution in [3.8, 4) is 6.07 Å². The molecule has 4 heterocycles. The Hall–Kier alpha value is -3.87. The first-order valence-electron chi connectivity index (χ1n) is 9.74. The zero-order valence-corrected chi connectivity index (χ0v) is 16.5. The molecule has 1 N–H and O–H groups in total. The van der Waals surface area contributed by atoms with Crippen molar-refractivity contribution < 1.29 is 0 Å². The first-order chi connectivity index (χ1) is 14.6. The molecule has 5 rings (SSSR count). The minimum atomic E-state index is -0.351. The highest BCUT2D eigenvalue weighted by Gasteiger charge is 2.37. The van der Waals surface area contributed by atoms with Gasteiger partial charge in [0.25, 0.3) is 5.56 Å². The van der Waals surface area contributed by atoms with Crippen molar-refractivity contribution in [1.29, 1.82) is 5.26 Å². The Bertz CT molecular complexity index is 1330. The average molecular weight is 401 g/mol. The molecular weight excluding hydrogens is 382 g/mol. The van der Waals surface area contributed by atoms with Gasteiger partial charge < -0.3 is 4.98 Å². The van der Waals surface area contributed by atoms with Crippen LogP contribution < -0.4 is 5.56 Å². The molecule has 3 atom stereocenters. The van der Waals surface area contributed by atoms with Gasteiger partial charge in [0.15, 0.2) is 11.3 Å². The van der Waals surface area contributed by atoms with Crippen LogP contribution in [-0.2, 0) is 7.05 Å². The number of nitriles is 1. The van der Waals surface area contributed by atoms with Crippen molar-refractivity contribution >= 4 is 11.0 Å². The van der Waals surface area contributed by atoms with Crippen LogP contribution in [0.25, 0.3) is 11.0 Å². The largest absolute Gasteiger partial charge is 0.310 e. The molecule has 1 saturated carbocycles. The molecular formula is C20H19N9O. The topological polar surface area (TPSA) is 131 Å². The summed E-state index contributed by atoms with van der Waals surface area (Å²) in [7, 11) is 1.83. The van der Waals surface area contributed by atoms with E-state index in [4.69, 9.17) is 4.98 Å². The average Bonchev–Trinajstić information content (AvgIpc) is 3.31. The zero-order chi connectivity index (χ0) is 20.8. The van der Waals surface area contributed by atoms with Crippen LogP contribution in [0, 0.1) is 11.3 Å². The van der Waals surface area contributed by atoms with Crippen LogP contribution in [0.2, 0.25) is 0 Å². The summed E-state index contributed by atoms with van der Waals surface area (Å²) in [5.41, 5.74) is 1.03. The summed E-state index contributed by atoms with van der Waals surface area (Å²) in [5.74, 6) is 1.47. The van der Waals surface area contributed by atoms with Crippen molar-refractivity contribution in [2.45, 2.75) is 37.6 Å². The van der Waals surface area contributed by atoms with E-state index in [1.165, 1.54) is 0 Å². The van der Waals surface area contributed by atoms with Gasteiger partial charge in [-0.05, 0) is 25.8 Å². The maximum Gasteiger partial charge on any atom is 0.263 e. The zero-order valence-electron chi connectivity index (χ0n) is 16.5. The van der Waals surface area contributed by atoms with Crippen LogP contribution in [0.5, 0.6) is 0 Å². The van der Waals surface area contributed by atoms with Crippen LogP contribution in [0.1, 0.15) is 60.5 Å². The molecule has 0 spiro atoms. The number of nitrogens with zero attached hydrogens (tertiary/aromatic N) is 8. The Morgan fingerprint density at radius 2 is 2.03 bits per heavy atom. The lowest BCUT2D eigenvalue weighted by atomic mass is 9.72. The number of fused-ring (bicyclic) bond motifs is 1. The highest BCUT2D eigenvalue weighted by molar-refractivity contribution is 5.80. The highest BCUT2D eigenvalue weighted by atomic mass is 16.1. The van der Waals surface area contributed by atoms with Crippen molar-refractivity contribution in [2.75, 3.05) is 0 Å².